The fourth-order valence-corrected chi connectivity index (χ4v) is 2.44. The number of rotatable bonds is 5. The highest BCUT2D eigenvalue weighted by Crippen LogP contribution is 2.25. The minimum Gasteiger partial charge on any atom is -0.397 e. The lowest BCUT2D eigenvalue weighted by atomic mass is 10.1. The molecule has 0 fully saturated rings. The van der Waals surface area contributed by atoms with Crippen LogP contribution in [-0.4, -0.2) is 35.0 Å². The van der Waals surface area contributed by atoms with Gasteiger partial charge in [-0.05, 0) is 18.2 Å². The van der Waals surface area contributed by atoms with E-state index in [-0.39, 0.29) is 16.7 Å². The maximum absolute atomic E-state index is 11.5. The minimum atomic E-state index is -3.77. The maximum atomic E-state index is 11.5. The van der Waals surface area contributed by atoms with E-state index in [0.717, 1.165) is 0 Å². The Morgan fingerprint density at radius 1 is 1.45 bits per heavy atom. The van der Waals surface area contributed by atoms with Crippen molar-refractivity contribution in [3.8, 4) is 0 Å². The molecular weight excluding hydrogens is 280 g/mol. The van der Waals surface area contributed by atoms with Crippen molar-refractivity contribution in [2.75, 3.05) is 31.3 Å². The van der Waals surface area contributed by atoms with Gasteiger partial charge in [0.1, 0.15) is 0 Å². The quantitative estimate of drug-likeness (QED) is 0.647. The maximum Gasteiger partial charge on any atom is 0.238 e. The Bertz CT molecular complexity index is 601. The molecule has 0 saturated carbocycles. The third-order valence-electron chi connectivity index (χ3n) is 2.98. The van der Waals surface area contributed by atoms with Crippen LogP contribution in [0.4, 0.5) is 11.4 Å². The number of amides is 1. The van der Waals surface area contributed by atoms with Crippen molar-refractivity contribution in [1.29, 1.82) is 0 Å². The van der Waals surface area contributed by atoms with E-state index in [0.29, 0.717) is 17.9 Å². The summed E-state index contributed by atoms with van der Waals surface area (Å²) in [7, 11) is -0.414. The molecule has 1 atom stereocenters. The van der Waals surface area contributed by atoms with E-state index in [9.17, 15) is 13.2 Å². The van der Waals surface area contributed by atoms with Crippen LogP contribution in [0.25, 0.3) is 0 Å². The summed E-state index contributed by atoms with van der Waals surface area (Å²) in [5.74, 6) is -0.293. The monoisotopic (exact) mass is 300 g/mol. The number of nitrogens with zero attached hydrogens (tertiary/aromatic N) is 1. The summed E-state index contributed by atoms with van der Waals surface area (Å²) >= 11 is 0. The molecular formula is C12H20N4O3S. The van der Waals surface area contributed by atoms with Gasteiger partial charge in [-0.15, -0.1) is 0 Å². The number of nitrogens with one attached hydrogen (secondary N) is 1. The minimum absolute atomic E-state index is 0.0356. The van der Waals surface area contributed by atoms with E-state index in [2.05, 4.69) is 5.32 Å². The summed E-state index contributed by atoms with van der Waals surface area (Å²) < 4.78 is 22.5. The number of nitrogens with two attached hydrogens (primary N) is 2. The summed E-state index contributed by atoms with van der Waals surface area (Å²) in [6, 6.07) is 4.28. The van der Waals surface area contributed by atoms with E-state index in [1.165, 1.54) is 12.1 Å². The van der Waals surface area contributed by atoms with Gasteiger partial charge in [0.25, 0.3) is 0 Å². The first kappa shape index (κ1) is 16.3. The van der Waals surface area contributed by atoms with Gasteiger partial charge < -0.3 is 16.0 Å². The van der Waals surface area contributed by atoms with Gasteiger partial charge in [-0.25, -0.2) is 13.6 Å². The van der Waals surface area contributed by atoms with Gasteiger partial charge in [0.05, 0.1) is 22.2 Å². The van der Waals surface area contributed by atoms with Crippen molar-refractivity contribution >= 4 is 27.3 Å². The average Bonchev–Trinajstić information content (AvgIpc) is 2.36. The predicted molar refractivity (Wildman–Crippen MR) is 78.7 cm³/mol. The van der Waals surface area contributed by atoms with Gasteiger partial charge in [-0.2, -0.15) is 0 Å². The Labute approximate surface area is 119 Å². The molecule has 5 N–H and O–H groups in total. The van der Waals surface area contributed by atoms with Crippen LogP contribution < -0.4 is 21.1 Å². The molecule has 1 amide bonds. The van der Waals surface area contributed by atoms with Crippen LogP contribution in [0.1, 0.15) is 6.92 Å². The Kier molecular flexibility index (Phi) is 4.96. The Morgan fingerprint density at radius 3 is 2.50 bits per heavy atom. The van der Waals surface area contributed by atoms with E-state index in [1.807, 2.05) is 0 Å². The lowest BCUT2D eigenvalue weighted by Crippen LogP contribution is -2.34. The molecule has 0 aliphatic heterocycles. The largest absolute Gasteiger partial charge is 0.397 e. The van der Waals surface area contributed by atoms with Gasteiger partial charge in [0, 0.05) is 20.6 Å². The molecule has 7 nitrogen and oxygen atoms in total. The van der Waals surface area contributed by atoms with E-state index in [4.69, 9.17) is 10.9 Å². The SMILES string of the molecule is CNC(=O)C(C)CN(C)c1ccc(S(N)(=O)=O)cc1N. The van der Waals surface area contributed by atoms with Crippen LogP contribution in [0, 0.1) is 5.92 Å². The highest BCUT2D eigenvalue weighted by molar-refractivity contribution is 7.89. The van der Waals surface area contributed by atoms with Crippen molar-refractivity contribution in [3.05, 3.63) is 18.2 Å². The second kappa shape index (κ2) is 6.10. The predicted octanol–water partition coefficient (Wildman–Crippen LogP) is -0.265. The number of anilines is 2. The van der Waals surface area contributed by atoms with Crippen molar-refractivity contribution in [2.45, 2.75) is 11.8 Å². The Morgan fingerprint density at radius 2 is 2.05 bits per heavy atom. The summed E-state index contributed by atoms with van der Waals surface area (Å²) in [5, 5.41) is 7.61. The number of sulfonamides is 1. The number of carbonyl (C=O) groups excluding carboxylic acids is 1. The third-order valence-corrected chi connectivity index (χ3v) is 3.89. The lowest BCUT2D eigenvalue weighted by molar-refractivity contribution is -0.123. The van der Waals surface area contributed by atoms with Crippen molar-refractivity contribution in [3.63, 3.8) is 0 Å². The molecule has 8 heteroatoms. The van der Waals surface area contributed by atoms with Gasteiger partial charge in [-0.1, -0.05) is 6.92 Å². The summed E-state index contributed by atoms with van der Waals surface area (Å²) in [6.07, 6.45) is 0. The van der Waals surface area contributed by atoms with E-state index >= 15 is 0 Å². The number of primary sulfonamides is 1. The smallest absolute Gasteiger partial charge is 0.238 e. The van der Waals surface area contributed by atoms with Crippen LogP contribution in [0.3, 0.4) is 0 Å². The second-order valence-corrected chi connectivity index (χ2v) is 6.22. The average molecular weight is 300 g/mol. The summed E-state index contributed by atoms with van der Waals surface area (Å²) in [4.78, 5) is 13.2. The molecule has 112 valence electrons. The molecule has 1 rings (SSSR count). The van der Waals surface area contributed by atoms with Crippen LogP contribution in [-0.2, 0) is 14.8 Å². The van der Waals surface area contributed by atoms with Gasteiger partial charge >= 0.3 is 0 Å². The number of carbonyl (C=O) groups is 1. The molecule has 0 saturated heterocycles. The molecule has 0 aromatic heterocycles. The van der Waals surface area contributed by atoms with Crippen molar-refractivity contribution < 1.29 is 13.2 Å². The van der Waals surface area contributed by atoms with Crippen LogP contribution in [0.15, 0.2) is 23.1 Å². The molecule has 0 heterocycles. The van der Waals surface area contributed by atoms with Crippen LogP contribution in [0.2, 0.25) is 0 Å². The second-order valence-electron chi connectivity index (χ2n) is 4.66. The normalized spacial score (nSPS) is 12.8. The first-order valence-electron chi connectivity index (χ1n) is 6.02. The summed E-state index contributed by atoms with van der Waals surface area (Å²) in [5.41, 5.74) is 6.78. The third kappa shape index (κ3) is 3.84. The first-order chi connectivity index (χ1) is 9.16. The zero-order valence-corrected chi connectivity index (χ0v) is 12.6. The first-order valence-corrected chi connectivity index (χ1v) is 7.56. The fourth-order valence-electron chi connectivity index (χ4n) is 1.90. The molecule has 1 aromatic carbocycles. The zero-order chi connectivity index (χ0) is 15.5. The molecule has 0 radical (unpaired) electrons. The highest BCUT2D eigenvalue weighted by Gasteiger charge is 2.16. The molecule has 1 unspecified atom stereocenters. The molecule has 20 heavy (non-hydrogen) atoms. The Hall–Kier alpha value is -1.80. The number of benzene rings is 1. The molecule has 0 spiro atoms. The summed E-state index contributed by atoms with van der Waals surface area (Å²) in [6.45, 7) is 2.25. The van der Waals surface area contributed by atoms with E-state index < -0.39 is 10.0 Å². The van der Waals surface area contributed by atoms with Gasteiger partial charge in [0.2, 0.25) is 15.9 Å². The highest BCUT2D eigenvalue weighted by atomic mass is 32.2. The lowest BCUT2D eigenvalue weighted by Gasteiger charge is -2.24. The number of nitrogen functional groups attached to an aromatic ring is 1. The molecule has 0 aliphatic carbocycles. The van der Waals surface area contributed by atoms with Crippen LogP contribution >= 0.6 is 0 Å². The number of hydrogen-bond donors (Lipinski definition) is 3. The Balaban J connectivity index is 2.95. The fraction of sp³-hybridized carbons (Fsp3) is 0.417. The van der Waals surface area contributed by atoms with Crippen molar-refractivity contribution in [1.82, 2.24) is 5.32 Å². The number of hydrogen-bond acceptors (Lipinski definition) is 5. The van der Waals surface area contributed by atoms with E-state index in [1.54, 1.807) is 32.0 Å². The molecule has 1 aromatic rings. The zero-order valence-electron chi connectivity index (χ0n) is 11.8. The van der Waals surface area contributed by atoms with Gasteiger partial charge in [0.15, 0.2) is 0 Å². The van der Waals surface area contributed by atoms with Crippen LogP contribution in [0.5, 0.6) is 0 Å². The van der Waals surface area contributed by atoms with Gasteiger partial charge in [-0.3, -0.25) is 4.79 Å². The molecule has 0 bridgehead atoms. The topological polar surface area (TPSA) is 119 Å². The standard InChI is InChI=1S/C12H20N4O3S/c1-8(12(17)15-2)7-16(3)11-5-4-9(6-10(11)13)20(14,18)19/h4-6,8H,7,13H2,1-3H3,(H,15,17)(H2,14,18,19). The van der Waals surface area contributed by atoms with Crippen molar-refractivity contribution in [2.24, 2.45) is 11.1 Å². The molecule has 0 aliphatic rings.